The molecule has 0 saturated heterocycles. The standard InChI is InChI=1S/CH5INOP/c1-3-4-5-2/h3,5H,1H3. The second-order valence-electron chi connectivity index (χ2n) is 0.383. The molecule has 0 aromatic rings. The second kappa shape index (κ2) is 5.08. The van der Waals surface area contributed by atoms with Gasteiger partial charge < -0.3 is 0 Å². The molecule has 0 radical (unpaired) electrons. The summed E-state index contributed by atoms with van der Waals surface area (Å²) in [5.41, 5.74) is 2.52. The van der Waals surface area contributed by atoms with Gasteiger partial charge in [0, 0.05) is 7.05 Å². The van der Waals surface area contributed by atoms with Gasteiger partial charge in [-0.15, -0.1) is 0 Å². The lowest BCUT2D eigenvalue weighted by molar-refractivity contribution is 0.268. The van der Waals surface area contributed by atoms with Crippen molar-refractivity contribution < 1.29 is 4.62 Å². The fourth-order valence-electron chi connectivity index (χ4n) is 0.0386. The van der Waals surface area contributed by atoms with Crippen molar-refractivity contribution in [3.8, 4) is 0 Å². The molecule has 0 aromatic carbocycles. The van der Waals surface area contributed by atoms with E-state index in [2.05, 4.69) is 32.1 Å². The number of rotatable bonds is 2. The van der Waals surface area contributed by atoms with E-state index in [0.717, 1.165) is 0 Å². The minimum absolute atomic E-state index is 0.517. The third-order valence-electron chi connectivity index (χ3n) is 0.141. The normalized spacial score (nSPS) is 10.8. The van der Waals surface area contributed by atoms with Crippen molar-refractivity contribution in [2.24, 2.45) is 0 Å². The Morgan fingerprint density at radius 1 is 2.00 bits per heavy atom. The quantitative estimate of drug-likeness (QED) is 0.413. The van der Waals surface area contributed by atoms with Crippen LogP contribution in [-0.4, -0.2) is 7.05 Å². The molecule has 0 saturated carbocycles. The summed E-state index contributed by atoms with van der Waals surface area (Å²) in [5.74, 6) is 0. The Morgan fingerprint density at radius 3 is 2.60 bits per heavy atom. The summed E-state index contributed by atoms with van der Waals surface area (Å²) < 4.78 is 4.60. The molecule has 1 N–H and O–H groups in total. The summed E-state index contributed by atoms with van der Waals surface area (Å²) >= 11 is 2.13. The monoisotopic (exact) mass is 205 g/mol. The van der Waals surface area contributed by atoms with E-state index in [1.807, 2.05) is 0 Å². The zero-order valence-electron chi connectivity index (χ0n) is 2.79. The molecule has 0 aliphatic rings. The zero-order valence-corrected chi connectivity index (χ0v) is 5.94. The van der Waals surface area contributed by atoms with E-state index in [1.165, 1.54) is 0 Å². The van der Waals surface area contributed by atoms with E-state index < -0.39 is 0 Å². The van der Waals surface area contributed by atoms with Gasteiger partial charge in [-0.1, -0.05) is 0 Å². The molecular formula is CH5INOP. The summed E-state index contributed by atoms with van der Waals surface area (Å²) in [7, 11) is 1.74. The number of hydrogen-bond acceptors (Lipinski definition) is 2. The maximum Gasteiger partial charge on any atom is 0.105 e. The SMILES string of the molecule is CNOPI. The van der Waals surface area contributed by atoms with Gasteiger partial charge in [-0.05, 0) is 22.0 Å². The van der Waals surface area contributed by atoms with Gasteiger partial charge >= 0.3 is 0 Å². The van der Waals surface area contributed by atoms with E-state index in [1.54, 1.807) is 7.05 Å². The van der Waals surface area contributed by atoms with Crippen LogP contribution in [0, 0.1) is 0 Å². The lowest BCUT2D eigenvalue weighted by Crippen LogP contribution is -1.95. The van der Waals surface area contributed by atoms with E-state index in [9.17, 15) is 0 Å². The van der Waals surface area contributed by atoms with Crippen molar-refractivity contribution in [1.82, 2.24) is 5.48 Å². The van der Waals surface area contributed by atoms with Crippen LogP contribution in [0.15, 0.2) is 0 Å². The van der Waals surface area contributed by atoms with Crippen molar-refractivity contribution in [2.75, 3.05) is 7.05 Å². The highest BCUT2D eigenvalue weighted by Gasteiger charge is 1.63. The van der Waals surface area contributed by atoms with Gasteiger partial charge in [0.15, 0.2) is 0 Å². The highest BCUT2D eigenvalue weighted by molar-refractivity contribution is 14.2. The van der Waals surface area contributed by atoms with Crippen LogP contribution < -0.4 is 5.48 Å². The fourth-order valence-corrected chi connectivity index (χ4v) is 0.776. The van der Waals surface area contributed by atoms with Gasteiger partial charge in [0.1, 0.15) is 6.45 Å². The van der Waals surface area contributed by atoms with Crippen molar-refractivity contribution >= 4 is 28.5 Å². The molecule has 0 aliphatic heterocycles. The van der Waals surface area contributed by atoms with Crippen LogP contribution in [0.4, 0.5) is 0 Å². The zero-order chi connectivity index (χ0) is 4.12. The molecule has 0 amide bonds. The lowest BCUT2D eigenvalue weighted by atomic mass is 11.6. The molecule has 1 unspecified atom stereocenters. The molecule has 0 rings (SSSR count). The number of hydroxylamine groups is 1. The van der Waals surface area contributed by atoms with Crippen molar-refractivity contribution in [3.63, 3.8) is 0 Å². The minimum Gasteiger partial charge on any atom is -0.273 e. The highest BCUT2D eigenvalue weighted by Crippen LogP contribution is 2.18. The van der Waals surface area contributed by atoms with Crippen molar-refractivity contribution in [3.05, 3.63) is 0 Å². The van der Waals surface area contributed by atoms with Crippen LogP contribution in [0.1, 0.15) is 0 Å². The molecule has 0 aliphatic carbocycles. The van der Waals surface area contributed by atoms with Crippen molar-refractivity contribution in [1.29, 1.82) is 0 Å². The fraction of sp³-hybridized carbons (Fsp3) is 1.00. The first kappa shape index (κ1) is 6.08. The molecule has 1 atom stereocenters. The predicted molar refractivity (Wildman–Crippen MR) is 32.5 cm³/mol. The Balaban J connectivity index is 2.19. The summed E-state index contributed by atoms with van der Waals surface area (Å²) in [5, 5.41) is 0. The molecule has 0 heterocycles. The van der Waals surface area contributed by atoms with Crippen LogP contribution in [0.2, 0.25) is 0 Å². The first-order valence-corrected chi connectivity index (χ1v) is 5.12. The van der Waals surface area contributed by atoms with Gasteiger partial charge in [0.2, 0.25) is 0 Å². The Morgan fingerprint density at radius 2 is 2.60 bits per heavy atom. The second-order valence-corrected chi connectivity index (χ2v) is 2.06. The van der Waals surface area contributed by atoms with Gasteiger partial charge in [0.05, 0.1) is 0 Å². The van der Waals surface area contributed by atoms with E-state index >= 15 is 0 Å². The van der Waals surface area contributed by atoms with Crippen LogP contribution in [0.5, 0.6) is 0 Å². The van der Waals surface area contributed by atoms with Crippen LogP contribution in [-0.2, 0) is 4.62 Å². The van der Waals surface area contributed by atoms with E-state index in [-0.39, 0.29) is 0 Å². The van der Waals surface area contributed by atoms with Crippen LogP contribution >= 0.6 is 28.5 Å². The largest absolute Gasteiger partial charge is 0.273 e. The molecule has 0 spiro atoms. The molecule has 0 fully saturated rings. The van der Waals surface area contributed by atoms with Crippen molar-refractivity contribution in [2.45, 2.75) is 0 Å². The Kier molecular flexibility index (Phi) is 6.18. The average Bonchev–Trinajstić information content (AvgIpc) is 1.41. The molecule has 2 nitrogen and oxygen atoms in total. The number of halogens is 1. The molecular weight excluding hydrogens is 200 g/mol. The third-order valence-corrected chi connectivity index (χ3v) is 1.08. The van der Waals surface area contributed by atoms with E-state index in [4.69, 9.17) is 0 Å². The Bertz CT molecular complexity index is 19.1. The van der Waals surface area contributed by atoms with Crippen LogP contribution in [0.3, 0.4) is 0 Å². The molecule has 0 aromatic heterocycles. The van der Waals surface area contributed by atoms with E-state index in [0.29, 0.717) is 6.45 Å². The summed E-state index contributed by atoms with van der Waals surface area (Å²) in [6, 6.07) is 0. The molecule has 0 bridgehead atoms. The molecule has 4 heteroatoms. The first-order chi connectivity index (χ1) is 2.41. The van der Waals surface area contributed by atoms with Gasteiger partial charge in [0.25, 0.3) is 0 Å². The predicted octanol–water partition coefficient (Wildman–Crippen LogP) is 1.08. The highest BCUT2D eigenvalue weighted by atomic mass is 127. The van der Waals surface area contributed by atoms with Gasteiger partial charge in [-0.3, -0.25) is 4.62 Å². The summed E-state index contributed by atoms with van der Waals surface area (Å²) in [6.45, 7) is 0.517. The molecule has 5 heavy (non-hydrogen) atoms. The third kappa shape index (κ3) is 5.08. The smallest absolute Gasteiger partial charge is 0.105 e. The maximum absolute atomic E-state index is 4.60. The Hall–Kier alpha value is 1.08. The topological polar surface area (TPSA) is 21.3 Å². The summed E-state index contributed by atoms with van der Waals surface area (Å²) in [6.07, 6.45) is 0. The molecule has 32 valence electrons. The van der Waals surface area contributed by atoms with Crippen LogP contribution in [0.25, 0.3) is 0 Å². The average molecular weight is 205 g/mol. The summed E-state index contributed by atoms with van der Waals surface area (Å²) in [4.78, 5) is 0. The Labute approximate surface area is 46.0 Å². The number of nitrogens with one attached hydrogen (secondary N) is 1. The number of hydrogen-bond donors (Lipinski definition) is 1. The lowest BCUT2D eigenvalue weighted by Gasteiger charge is -1.86. The first-order valence-electron chi connectivity index (χ1n) is 1.10. The minimum atomic E-state index is 0.517. The van der Waals surface area contributed by atoms with Gasteiger partial charge in [-0.2, -0.15) is 0 Å². The maximum atomic E-state index is 4.60. The van der Waals surface area contributed by atoms with Gasteiger partial charge in [-0.25, -0.2) is 5.48 Å².